The van der Waals surface area contributed by atoms with E-state index < -0.39 is 0 Å². The Bertz CT molecular complexity index is 4190. The first-order valence-corrected chi connectivity index (χ1v) is 28.6. The molecule has 0 saturated carbocycles. The molecule has 0 bridgehead atoms. The van der Waals surface area contributed by atoms with E-state index in [1.54, 1.807) is 0 Å². The van der Waals surface area contributed by atoms with Crippen molar-refractivity contribution in [2.75, 3.05) is 0 Å². The molecule has 0 saturated heterocycles. The van der Waals surface area contributed by atoms with Gasteiger partial charge in [0.25, 0.3) is 0 Å². The second kappa shape index (κ2) is 23.2. The summed E-state index contributed by atoms with van der Waals surface area (Å²) in [4.78, 5) is 16.6. The molecule has 12 aromatic carbocycles. The predicted octanol–water partition coefficient (Wildman–Crippen LogP) is 21.5. The number of aromatic nitrogens is 3. The van der Waals surface area contributed by atoms with E-state index in [0.717, 1.165) is 140 Å². The third kappa shape index (κ3) is 10.6. The van der Waals surface area contributed by atoms with Crippen molar-refractivity contribution >= 4 is 0 Å². The molecule has 0 aliphatic heterocycles. The maximum atomic E-state index is 5.65. The topological polar surface area (TPSA) is 38.7 Å². The summed E-state index contributed by atoms with van der Waals surface area (Å²) in [6.45, 7) is 0. The molecule has 2 heterocycles. The third-order valence-electron chi connectivity index (χ3n) is 15.7. The van der Waals surface area contributed by atoms with Crippen LogP contribution in [0.25, 0.3) is 145 Å². The average molecular weight is 1070 g/mol. The van der Waals surface area contributed by atoms with Crippen LogP contribution in [-0.2, 0) is 0 Å². The molecule has 0 unspecified atom stereocenters. The molecule has 0 fully saturated rings. The second-order valence-electron chi connectivity index (χ2n) is 21.1. The van der Waals surface area contributed by atoms with E-state index in [4.69, 9.17) is 15.0 Å². The Morgan fingerprint density at radius 1 is 0.143 bits per heavy atom. The lowest BCUT2D eigenvalue weighted by Crippen LogP contribution is -2.01. The fourth-order valence-corrected chi connectivity index (χ4v) is 11.5. The zero-order valence-electron chi connectivity index (χ0n) is 46.1. The van der Waals surface area contributed by atoms with Crippen LogP contribution in [0.1, 0.15) is 0 Å². The van der Waals surface area contributed by atoms with Crippen molar-refractivity contribution in [3.63, 3.8) is 0 Å². The quantitative estimate of drug-likeness (QED) is 0.115. The zero-order chi connectivity index (χ0) is 56.0. The molecule has 0 atom stereocenters. The van der Waals surface area contributed by atoms with Gasteiger partial charge in [-0.15, -0.1) is 0 Å². The predicted molar refractivity (Wildman–Crippen MR) is 350 cm³/mol. The molecule has 3 nitrogen and oxygen atoms in total. The molecule has 3 heteroatoms. The van der Waals surface area contributed by atoms with Gasteiger partial charge in [0.2, 0.25) is 0 Å². The van der Waals surface area contributed by atoms with Gasteiger partial charge in [0, 0.05) is 44.5 Å². The van der Waals surface area contributed by atoms with Crippen molar-refractivity contribution < 1.29 is 0 Å². The van der Waals surface area contributed by atoms with Crippen LogP contribution in [0.15, 0.2) is 334 Å². The highest BCUT2D eigenvalue weighted by molar-refractivity contribution is 6.05. The number of benzene rings is 12. The number of pyridine rings is 1. The summed E-state index contributed by atoms with van der Waals surface area (Å²) in [5.41, 5.74) is 26.4. The van der Waals surface area contributed by atoms with E-state index in [9.17, 15) is 0 Å². The van der Waals surface area contributed by atoms with Gasteiger partial charge in [-0.1, -0.05) is 291 Å². The van der Waals surface area contributed by atoms with Gasteiger partial charge in [-0.2, -0.15) is 0 Å². The van der Waals surface area contributed by atoms with E-state index in [1.165, 1.54) is 0 Å². The first-order chi connectivity index (χ1) is 41.6. The van der Waals surface area contributed by atoms with Gasteiger partial charge in [-0.05, 0) is 115 Å². The lowest BCUT2D eigenvalue weighted by atomic mass is 9.83. The minimum atomic E-state index is 0.644. The molecule has 0 amide bonds. The van der Waals surface area contributed by atoms with Crippen molar-refractivity contribution in [1.82, 2.24) is 15.0 Å². The number of hydrogen-bond acceptors (Lipinski definition) is 3. The molecule has 0 aliphatic carbocycles. The number of nitrogens with zero attached hydrogens (tertiary/aromatic N) is 3. The highest BCUT2D eigenvalue weighted by Gasteiger charge is 2.25. The summed E-state index contributed by atoms with van der Waals surface area (Å²) in [6.07, 6.45) is 0. The van der Waals surface area contributed by atoms with Crippen LogP contribution in [0.5, 0.6) is 0 Å². The van der Waals surface area contributed by atoms with Gasteiger partial charge < -0.3 is 0 Å². The van der Waals surface area contributed by atoms with Crippen LogP contribution in [0.3, 0.4) is 0 Å². The summed E-state index contributed by atoms with van der Waals surface area (Å²) in [5.74, 6) is 0.644. The standard InChI is InChI=1S/C81H55N3/c1-9-25-56(26-10-1)68-49-69(57-27-11-2-12-28-57)52-72(51-68)74-55-75(73-53-70(58-29-13-3-14-30-58)50-71(54-73)59-31-15-4-16-32-59)83-81(82-74)67-47-43-61(44-48-67)60-41-45-64(46-42-60)76-77(62-33-17-5-18-34-62)79(65-37-21-7-22-38-65)84-80(66-39-23-8-24-40-66)78(76)63-35-19-6-20-36-63/h1-55H. The molecule has 0 radical (unpaired) electrons. The monoisotopic (exact) mass is 1070 g/mol. The Kier molecular flexibility index (Phi) is 14.1. The fraction of sp³-hybridized carbons (Fsp3) is 0. The SMILES string of the molecule is c1ccc(-c2cc(-c3ccccc3)cc(-c3cc(-c4cc(-c5ccccc5)cc(-c5ccccc5)c4)nc(-c4ccc(-c5ccc(-c6c(-c7ccccc7)c(-c7ccccc7)nc(-c7ccccc7)c6-c6ccccc6)cc5)cc4)n3)c2)cc1. The number of hydrogen-bond donors (Lipinski definition) is 0. The van der Waals surface area contributed by atoms with Crippen LogP contribution in [0.2, 0.25) is 0 Å². The molecule has 2 aromatic heterocycles. The zero-order valence-corrected chi connectivity index (χ0v) is 46.1. The molecule has 84 heavy (non-hydrogen) atoms. The van der Waals surface area contributed by atoms with E-state index in [0.29, 0.717) is 5.82 Å². The lowest BCUT2D eigenvalue weighted by molar-refractivity contribution is 1.18. The normalized spacial score (nSPS) is 11.1. The highest BCUT2D eigenvalue weighted by Crippen LogP contribution is 2.49. The summed E-state index contributed by atoms with van der Waals surface area (Å²) in [6, 6.07) is 119. The minimum absolute atomic E-state index is 0.644. The Balaban J connectivity index is 0.913. The van der Waals surface area contributed by atoms with Gasteiger partial charge in [0.1, 0.15) is 0 Å². The van der Waals surface area contributed by atoms with Gasteiger partial charge in [0.15, 0.2) is 5.82 Å². The minimum Gasteiger partial charge on any atom is -0.246 e. The van der Waals surface area contributed by atoms with E-state index in [2.05, 4.69) is 334 Å². The molecule has 394 valence electrons. The molecule has 0 aliphatic rings. The summed E-state index contributed by atoms with van der Waals surface area (Å²) >= 11 is 0. The van der Waals surface area contributed by atoms with Crippen molar-refractivity contribution in [2.24, 2.45) is 0 Å². The maximum absolute atomic E-state index is 5.65. The molecule has 14 aromatic rings. The Hall–Kier alpha value is -11.1. The van der Waals surface area contributed by atoms with Crippen LogP contribution in [0.4, 0.5) is 0 Å². The van der Waals surface area contributed by atoms with Crippen LogP contribution < -0.4 is 0 Å². The van der Waals surface area contributed by atoms with Crippen molar-refractivity contribution in [3.8, 4) is 145 Å². The van der Waals surface area contributed by atoms with Gasteiger partial charge in [-0.3, -0.25) is 0 Å². The van der Waals surface area contributed by atoms with Gasteiger partial charge in [0.05, 0.1) is 22.8 Å². The Labute approximate surface area is 491 Å². The number of rotatable bonds is 13. The molecular formula is C81H55N3. The smallest absolute Gasteiger partial charge is 0.160 e. The van der Waals surface area contributed by atoms with Crippen molar-refractivity contribution in [2.45, 2.75) is 0 Å². The van der Waals surface area contributed by atoms with E-state index >= 15 is 0 Å². The van der Waals surface area contributed by atoms with Crippen molar-refractivity contribution in [3.05, 3.63) is 334 Å². The van der Waals surface area contributed by atoms with Gasteiger partial charge >= 0.3 is 0 Å². The lowest BCUT2D eigenvalue weighted by Gasteiger charge is -2.23. The largest absolute Gasteiger partial charge is 0.246 e. The first-order valence-electron chi connectivity index (χ1n) is 28.6. The molecule has 0 N–H and O–H groups in total. The fourth-order valence-electron chi connectivity index (χ4n) is 11.5. The third-order valence-corrected chi connectivity index (χ3v) is 15.7. The molecule has 14 rings (SSSR count). The van der Waals surface area contributed by atoms with Crippen LogP contribution >= 0.6 is 0 Å². The van der Waals surface area contributed by atoms with Crippen LogP contribution in [0, 0.1) is 0 Å². The summed E-state index contributed by atoms with van der Waals surface area (Å²) in [5, 5.41) is 0. The Morgan fingerprint density at radius 3 is 0.679 bits per heavy atom. The summed E-state index contributed by atoms with van der Waals surface area (Å²) < 4.78 is 0. The molecular weight excluding hydrogens is 1010 g/mol. The van der Waals surface area contributed by atoms with Gasteiger partial charge in [-0.25, -0.2) is 15.0 Å². The maximum Gasteiger partial charge on any atom is 0.160 e. The van der Waals surface area contributed by atoms with E-state index in [1.807, 2.05) is 0 Å². The summed E-state index contributed by atoms with van der Waals surface area (Å²) in [7, 11) is 0. The molecule has 0 spiro atoms. The van der Waals surface area contributed by atoms with Crippen LogP contribution in [-0.4, -0.2) is 15.0 Å². The van der Waals surface area contributed by atoms with E-state index in [-0.39, 0.29) is 0 Å². The first kappa shape index (κ1) is 51.0. The Morgan fingerprint density at radius 2 is 0.369 bits per heavy atom. The average Bonchev–Trinajstić information content (AvgIpc) is 3.70. The highest BCUT2D eigenvalue weighted by atomic mass is 14.9. The second-order valence-corrected chi connectivity index (χ2v) is 21.1. The van der Waals surface area contributed by atoms with Crippen molar-refractivity contribution in [1.29, 1.82) is 0 Å².